The molecule has 0 aliphatic heterocycles. The molecule has 1 aromatic carbocycles. The summed E-state index contributed by atoms with van der Waals surface area (Å²) in [4.78, 5) is 0. The molecule has 3 heteroatoms. The number of benzene rings is 1. The summed E-state index contributed by atoms with van der Waals surface area (Å²) in [6.45, 7) is 11.2. The lowest BCUT2D eigenvalue weighted by Crippen LogP contribution is -2.30. The van der Waals surface area contributed by atoms with Crippen LogP contribution in [0.3, 0.4) is 0 Å². The molecule has 1 rings (SSSR count). The van der Waals surface area contributed by atoms with Gasteiger partial charge in [0.15, 0.2) is 0 Å². The Kier molecular flexibility index (Phi) is 6.66. The summed E-state index contributed by atoms with van der Waals surface area (Å²) in [5.41, 5.74) is 0.734. The third kappa shape index (κ3) is 6.04. The maximum atomic E-state index is 10.4. The van der Waals surface area contributed by atoms with Gasteiger partial charge in [0.25, 0.3) is 0 Å². The summed E-state index contributed by atoms with van der Waals surface area (Å²) in [5.74, 6) is 0.236. The quantitative estimate of drug-likeness (QED) is 0.776. The van der Waals surface area contributed by atoms with Gasteiger partial charge in [0.05, 0.1) is 24.9 Å². The van der Waals surface area contributed by atoms with Gasteiger partial charge < -0.3 is 14.6 Å². The lowest BCUT2D eigenvalue weighted by atomic mass is 9.96. The topological polar surface area (TPSA) is 38.7 Å². The molecular formula is C17H28O3. The minimum absolute atomic E-state index is 0.158. The molecule has 0 aliphatic rings. The Balaban J connectivity index is 2.53. The number of aliphatic hydroxyl groups is 1. The van der Waals surface area contributed by atoms with Crippen LogP contribution >= 0.6 is 0 Å². The van der Waals surface area contributed by atoms with Crippen molar-refractivity contribution in [2.24, 2.45) is 5.92 Å². The zero-order chi connectivity index (χ0) is 15.2. The number of aliphatic hydroxyl groups excluding tert-OH is 1. The van der Waals surface area contributed by atoms with Crippen molar-refractivity contribution < 1.29 is 14.6 Å². The van der Waals surface area contributed by atoms with Gasteiger partial charge >= 0.3 is 0 Å². The predicted molar refractivity (Wildman–Crippen MR) is 81.7 cm³/mol. The first kappa shape index (κ1) is 17.2. The highest BCUT2D eigenvalue weighted by atomic mass is 16.5. The van der Waals surface area contributed by atoms with Gasteiger partial charge in [-0.25, -0.2) is 0 Å². The molecule has 0 bridgehead atoms. The van der Waals surface area contributed by atoms with Gasteiger partial charge in [-0.1, -0.05) is 44.2 Å². The molecule has 2 unspecified atom stereocenters. The van der Waals surface area contributed by atoms with Crippen molar-refractivity contribution in [3.63, 3.8) is 0 Å². The van der Waals surface area contributed by atoms with E-state index in [4.69, 9.17) is 9.47 Å². The van der Waals surface area contributed by atoms with E-state index in [1.165, 1.54) is 0 Å². The van der Waals surface area contributed by atoms with Crippen LogP contribution in [0.1, 0.15) is 46.3 Å². The second kappa shape index (κ2) is 7.77. The van der Waals surface area contributed by atoms with E-state index in [2.05, 4.69) is 13.8 Å². The number of hydrogen-bond donors (Lipinski definition) is 1. The molecule has 20 heavy (non-hydrogen) atoms. The molecule has 0 aliphatic carbocycles. The number of ether oxygens (including phenoxy) is 2. The van der Waals surface area contributed by atoms with Crippen molar-refractivity contribution in [1.29, 1.82) is 0 Å². The predicted octanol–water partition coefficient (Wildman–Crippen LogP) is 3.58. The van der Waals surface area contributed by atoms with Crippen molar-refractivity contribution in [3.8, 4) is 0 Å². The first-order valence-electron chi connectivity index (χ1n) is 7.30. The minimum Gasteiger partial charge on any atom is -0.386 e. The maximum Gasteiger partial charge on any atom is 0.105 e. The van der Waals surface area contributed by atoms with Crippen LogP contribution in [0.5, 0.6) is 0 Å². The van der Waals surface area contributed by atoms with E-state index in [-0.39, 0.29) is 17.6 Å². The second-order valence-corrected chi connectivity index (χ2v) is 6.40. The van der Waals surface area contributed by atoms with Gasteiger partial charge in [-0.2, -0.15) is 0 Å². The Hall–Kier alpha value is -0.900. The van der Waals surface area contributed by atoms with Crippen LogP contribution < -0.4 is 0 Å². The van der Waals surface area contributed by atoms with Crippen LogP contribution in [0.2, 0.25) is 0 Å². The Labute approximate surface area is 122 Å². The maximum absolute atomic E-state index is 10.4. The molecule has 1 N–H and O–H groups in total. The van der Waals surface area contributed by atoms with E-state index in [0.717, 1.165) is 5.56 Å². The first-order chi connectivity index (χ1) is 9.31. The molecule has 3 nitrogen and oxygen atoms in total. The van der Waals surface area contributed by atoms with Crippen molar-refractivity contribution in [3.05, 3.63) is 35.9 Å². The van der Waals surface area contributed by atoms with Gasteiger partial charge in [-0.15, -0.1) is 0 Å². The van der Waals surface area contributed by atoms with Crippen LogP contribution in [-0.4, -0.2) is 30.0 Å². The third-order valence-corrected chi connectivity index (χ3v) is 3.04. The third-order valence-electron chi connectivity index (χ3n) is 3.04. The largest absolute Gasteiger partial charge is 0.386 e. The number of hydrogen-bond acceptors (Lipinski definition) is 3. The standard InChI is InChI=1S/C17H28O3/c1-13(2)16(19-11-12-20-17(3,4)5)15(18)14-9-7-6-8-10-14/h6-10,13,15-16,18H,11-12H2,1-5H3. The molecule has 114 valence electrons. The van der Waals surface area contributed by atoms with Crippen LogP contribution in [0, 0.1) is 5.92 Å². The Morgan fingerprint density at radius 1 is 1.05 bits per heavy atom. The van der Waals surface area contributed by atoms with E-state index in [9.17, 15) is 5.11 Å². The van der Waals surface area contributed by atoms with Gasteiger partial charge in [0.1, 0.15) is 6.10 Å². The molecule has 0 aromatic heterocycles. The van der Waals surface area contributed by atoms with E-state index >= 15 is 0 Å². The number of rotatable bonds is 7. The lowest BCUT2D eigenvalue weighted by molar-refractivity contribution is -0.0963. The Morgan fingerprint density at radius 2 is 1.65 bits per heavy atom. The van der Waals surface area contributed by atoms with Crippen molar-refractivity contribution in [2.45, 2.75) is 52.4 Å². The Morgan fingerprint density at radius 3 is 2.15 bits per heavy atom. The zero-order valence-electron chi connectivity index (χ0n) is 13.3. The smallest absolute Gasteiger partial charge is 0.105 e. The summed E-state index contributed by atoms with van der Waals surface area (Å²) >= 11 is 0. The fourth-order valence-electron chi connectivity index (χ4n) is 2.02. The summed E-state index contributed by atoms with van der Waals surface area (Å²) in [6, 6.07) is 9.65. The van der Waals surface area contributed by atoms with Gasteiger partial charge in [0, 0.05) is 0 Å². The second-order valence-electron chi connectivity index (χ2n) is 6.40. The van der Waals surface area contributed by atoms with Crippen LogP contribution in [-0.2, 0) is 9.47 Å². The lowest BCUT2D eigenvalue weighted by Gasteiger charge is -2.28. The molecule has 0 saturated carbocycles. The average molecular weight is 280 g/mol. The van der Waals surface area contributed by atoms with Crippen molar-refractivity contribution in [1.82, 2.24) is 0 Å². The van der Waals surface area contributed by atoms with E-state index in [1.807, 2.05) is 51.1 Å². The van der Waals surface area contributed by atoms with E-state index < -0.39 is 6.10 Å². The molecule has 0 spiro atoms. The van der Waals surface area contributed by atoms with Crippen LogP contribution in [0.25, 0.3) is 0 Å². The molecule has 0 amide bonds. The van der Waals surface area contributed by atoms with Gasteiger partial charge in [-0.3, -0.25) is 0 Å². The highest BCUT2D eigenvalue weighted by Gasteiger charge is 2.24. The Bertz CT molecular complexity index is 368. The van der Waals surface area contributed by atoms with E-state index in [1.54, 1.807) is 0 Å². The molecule has 2 atom stereocenters. The monoisotopic (exact) mass is 280 g/mol. The molecule has 0 heterocycles. The fraction of sp³-hybridized carbons (Fsp3) is 0.647. The zero-order valence-corrected chi connectivity index (χ0v) is 13.3. The summed E-state index contributed by atoms with van der Waals surface area (Å²) < 4.78 is 11.5. The van der Waals surface area contributed by atoms with Gasteiger partial charge in [0.2, 0.25) is 0 Å². The van der Waals surface area contributed by atoms with Crippen molar-refractivity contribution in [2.75, 3.05) is 13.2 Å². The highest BCUT2D eigenvalue weighted by Crippen LogP contribution is 2.24. The summed E-state index contributed by atoms with van der Waals surface area (Å²) in [6.07, 6.45) is -0.827. The minimum atomic E-state index is -0.606. The van der Waals surface area contributed by atoms with Crippen LogP contribution in [0.15, 0.2) is 30.3 Å². The highest BCUT2D eigenvalue weighted by molar-refractivity contribution is 5.18. The summed E-state index contributed by atoms with van der Waals surface area (Å²) in [7, 11) is 0. The average Bonchev–Trinajstić information content (AvgIpc) is 2.37. The van der Waals surface area contributed by atoms with Gasteiger partial charge in [-0.05, 0) is 32.3 Å². The molecular weight excluding hydrogens is 252 g/mol. The van der Waals surface area contributed by atoms with Crippen molar-refractivity contribution >= 4 is 0 Å². The fourth-order valence-corrected chi connectivity index (χ4v) is 2.02. The molecule has 0 fully saturated rings. The molecule has 0 radical (unpaired) electrons. The summed E-state index contributed by atoms with van der Waals surface area (Å²) in [5, 5.41) is 10.4. The van der Waals surface area contributed by atoms with E-state index in [0.29, 0.717) is 13.2 Å². The molecule has 0 saturated heterocycles. The normalized spacial score (nSPS) is 15.3. The molecule has 1 aromatic rings. The first-order valence-corrected chi connectivity index (χ1v) is 7.30. The van der Waals surface area contributed by atoms with Crippen LogP contribution in [0.4, 0.5) is 0 Å². The SMILES string of the molecule is CC(C)C(OCCOC(C)(C)C)C(O)c1ccccc1.